The lowest BCUT2D eigenvalue weighted by atomic mass is 9.85. The van der Waals surface area contributed by atoms with Gasteiger partial charge in [0.2, 0.25) is 0 Å². The molecule has 2 rings (SSSR count). The normalized spacial score (nSPS) is 28.6. The Morgan fingerprint density at radius 2 is 2.14 bits per heavy atom. The van der Waals surface area contributed by atoms with Crippen LogP contribution < -0.4 is 5.32 Å². The maximum atomic E-state index is 8.82. The van der Waals surface area contributed by atoms with Crippen molar-refractivity contribution in [3.8, 4) is 0 Å². The zero-order chi connectivity index (χ0) is 15.1. The van der Waals surface area contributed by atoms with Crippen LogP contribution in [0.1, 0.15) is 33.1 Å². The van der Waals surface area contributed by atoms with Crippen molar-refractivity contribution in [2.45, 2.75) is 45.3 Å². The monoisotopic (exact) mass is 300 g/mol. The lowest BCUT2D eigenvalue weighted by molar-refractivity contribution is -0.0156. The molecule has 0 amide bonds. The molecule has 1 unspecified atom stereocenters. The minimum Gasteiger partial charge on any atom is -0.394 e. The smallest absolute Gasteiger partial charge is 0.0701 e. The molecule has 5 nitrogen and oxygen atoms in total. The topological polar surface area (TPSA) is 54.0 Å². The zero-order valence-electron chi connectivity index (χ0n) is 13.6. The summed E-state index contributed by atoms with van der Waals surface area (Å²) in [7, 11) is 0. The molecule has 2 aliphatic heterocycles. The van der Waals surface area contributed by atoms with E-state index in [1.54, 1.807) is 0 Å². The highest BCUT2D eigenvalue weighted by atomic mass is 16.5. The van der Waals surface area contributed by atoms with Crippen molar-refractivity contribution in [3.63, 3.8) is 0 Å². The van der Waals surface area contributed by atoms with Crippen LogP contribution in [-0.4, -0.2) is 74.8 Å². The van der Waals surface area contributed by atoms with Crippen LogP contribution in [0.3, 0.4) is 0 Å². The molecule has 0 bridgehead atoms. The Hall–Kier alpha value is -0.200. The summed E-state index contributed by atoms with van der Waals surface area (Å²) in [6.45, 7) is 11.1. The van der Waals surface area contributed by atoms with Gasteiger partial charge in [-0.1, -0.05) is 13.8 Å². The average Bonchev–Trinajstić information content (AvgIpc) is 2.93. The van der Waals surface area contributed by atoms with Crippen LogP contribution in [0.2, 0.25) is 0 Å². The van der Waals surface area contributed by atoms with Gasteiger partial charge in [0, 0.05) is 44.2 Å². The molecule has 5 heteroatoms. The molecule has 2 heterocycles. The van der Waals surface area contributed by atoms with Gasteiger partial charge in [-0.25, -0.2) is 0 Å². The highest BCUT2D eigenvalue weighted by Gasteiger charge is 2.37. The van der Waals surface area contributed by atoms with Gasteiger partial charge in [0.25, 0.3) is 0 Å². The van der Waals surface area contributed by atoms with Crippen LogP contribution in [0, 0.1) is 5.41 Å². The first-order valence-electron chi connectivity index (χ1n) is 8.39. The van der Waals surface area contributed by atoms with E-state index in [1.807, 2.05) is 0 Å². The Bertz CT molecular complexity index is 285. The predicted octanol–water partition coefficient (Wildman–Crippen LogP) is 0.864. The van der Waals surface area contributed by atoms with Crippen molar-refractivity contribution in [1.82, 2.24) is 10.2 Å². The second-order valence-electron chi connectivity index (χ2n) is 6.91. The maximum absolute atomic E-state index is 8.82. The van der Waals surface area contributed by atoms with E-state index in [2.05, 4.69) is 24.1 Å². The third-order valence-electron chi connectivity index (χ3n) is 4.61. The lowest BCUT2D eigenvalue weighted by Crippen LogP contribution is -2.49. The molecule has 2 fully saturated rings. The van der Waals surface area contributed by atoms with Crippen LogP contribution in [0.4, 0.5) is 0 Å². The molecular weight excluding hydrogens is 268 g/mol. The molecule has 124 valence electrons. The molecule has 0 spiro atoms. The number of rotatable bonds is 8. The number of hydrogen-bond donors (Lipinski definition) is 2. The summed E-state index contributed by atoms with van der Waals surface area (Å²) in [5, 5.41) is 12.4. The third-order valence-corrected chi connectivity index (χ3v) is 4.61. The minimum absolute atomic E-state index is 0.127. The SMILES string of the molecule is CC(C)NCC1(CN2CCC(OCCO)CC2)CCOC1. The van der Waals surface area contributed by atoms with Gasteiger partial charge in [0.1, 0.15) is 0 Å². The Morgan fingerprint density at radius 3 is 2.71 bits per heavy atom. The molecule has 0 aromatic carbocycles. The number of piperidine rings is 1. The summed E-state index contributed by atoms with van der Waals surface area (Å²) >= 11 is 0. The van der Waals surface area contributed by atoms with Gasteiger partial charge in [-0.05, 0) is 19.3 Å². The van der Waals surface area contributed by atoms with E-state index in [4.69, 9.17) is 14.6 Å². The van der Waals surface area contributed by atoms with Crippen molar-refractivity contribution in [3.05, 3.63) is 0 Å². The number of hydrogen-bond acceptors (Lipinski definition) is 5. The van der Waals surface area contributed by atoms with E-state index in [0.29, 0.717) is 18.8 Å². The maximum Gasteiger partial charge on any atom is 0.0701 e. The van der Waals surface area contributed by atoms with Crippen LogP contribution in [-0.2, 0) is 9.47 Å². The molecule has 2 N–H and O–H groups in total. The number of aliphatic hydroxyl groups is 1. The fourth-order valence-corrected chi connectivity index (χ4v) is 3.32. The lowest BCUT2D eigenvalue weighted by Gasteiger charge is -2.38. The summed E-state index contributed by atoms with van der Waals surface area (Å²) in [5.41, 5.74) is 0.281. The Balaban J connectivity index is 1.76. The number of nitrogens with zero attached hydrogens (tertiary/aromatic N) is 1. The van der Waals surface area contributed by atoms with Crippen molar-refractivity contribution >= 4 is 0 Å². The molecule has 0 aromatic rings. The predicted molar refractivity (Wildman–Crippen MR) is 83.5 cm³/mol. The Labute approximate surface area is 129 Å². The van der Waals surface area contributed by atoms with Gasteiger partial charge >= 0.3 is 0 Å². The molecule has 2 saturated heterocycles. The zero-order valence-corrected chi connectivity index (χ0v) is 13.6. The summed E-state index contributed by atoms with van der Waals surface area (Å²) in [6, 6.07) is 0.528. The molecule has 0 radical (unpaired) electrons. The van der Waals surface area contributed by atoms with E-state index in [1.165, 1.54) is 0 Å². The second kappa shape index (κ2) is 8.44. The number of ether oxygens (including phenoxy) is 2. The first-order valence-corrected chi connectivity index (χ1v) is 8.39. The van der Waals surface area contributed by atoms with Crippen LogP contribution in [0.5, 0.6) is 0 Å². The minimum atomic E-state index is 0.127. The van der Waals surface area contributed by atoms with E-state index >= 15 is 0 Å². The van der Waals surface area contributed by atoms with Crippen LogP contribution in [0.25, 0.3) is 0 Å². The highest BCUT2D eigenvalue weighted by molar-refractivity contribution is 4.90. The molecule has 1 atom stereocenters. The molecule has 0 saturated carbocycles. The second-order valence-corrected chi connectivity index (χ2v) is 6.91. The summed E-state index contributed by atoms with van der Waals surface area (Å²) in [4.78, 5) is 2.56. The van der Waals surface area contributed by atoms with Crippen LogP contribution in [0.15, 0.2) is 0 Å². The van der Waals surface area contributed by atoms with Gasteiger partial charge < -0.3 is 24.8 Å². The quantitative estimate of drug-likeness (QED) is 0.696. The molecule has 2 aliphatic rings. The largest absolute Gasteiger partial charge is 0.394 e. The Morgan fingerprint density at radius 1 is 1.38 bits per heavy atom. The number of aliphatic hydroxyl groups excluding tert-OH is 1. The van der Waals surface area contributed by atoms with Crippen molar-refractivity contribution in [2.24, 2.45) is 5.41 Å². The van der Waals surface area contributed by atoms with Gasteiger partial charge in [-0.3, -0.25) is 0 Å². The van der Waals surface area contributed by atoms with Crippen molar-refractivity contribution in [2.75, 3.05) is 52.6 Å². The molecule has 0 aliphatic carbocycles. The molecule has 21 heavy (non-hydrogen) atoms. The highest BCUT2D eigenvalue weighted by Crippen LogP contribution is 2.30. The standard InChI is InChI=1S/C16H32N2O3/c1-14(2)17-11-16(5-9-20-13-16)12-18-6-3-15(4-7-18)21-10-8-19/h14-15,17,19H,3-13H2,1-2H3. The van der Waals surface area contributed by atoms with Gasteiger partial charge in [-0.15, -0.1) is 0 Å². The molecular formula is C16H32N2O3. The summed E-state index contributed by atoms with van der Waals surface area (Å²) < 4.78 is 11.3. The third kappa shape index (κ3) is 5.49. The first-order chi connectivity index (χ1) is 10.1. The fraction of sp³-hybridized carbons (Fsp3) is 1.00. The first kappa shape index (κ1) is 17.2. The number of likely N-dealkylation sites (tertiary alicyclic amines) is 1. The molecule has 0 aromatic heterocycles. The van der Waals surface area contributed by atoms with Crippen molar-refractivity contribution in [1.29, 1.82) is 0 Å². The van der Waals surface area contributed by atoms with Gasteiger partial charge in [0.15, 0.2) is 0 Å². The van der Waals surface area contributed by atoms with E-state index < -0.39 is 0 Å². The summed E-state index contributed by atoms with van der Waals surface area (Å²) in [5.74, 6) is 0. The summed E-state index contributed by atoms with van der Waals surface area (Å²) in [6.07, 6.45) is 3.65. The average molecular weight is 300 g/mol. The van der Waals surface area contributed by atoms with E-state index in [9.17, 15) is 0 Å². The van der Waals surface area contributed by atoms with E-state index in [-0.39, 0.29) is 12.0 Å². The van der Waals surface area contributed by atoms with Crippen molar-refractivity contribution < 1.29 is 14.6 Å². The van der Waals surface area contributed by atoms with Gasteiger partial charge in [-0.2, -0.15) is 0 Å². The van der Waals surface area contributed by atoms with E-state index in [0.717, 1.165) is 58.7 Å². The van der Waals surface area contributed by atoms with Crippen LogP contribution >= 0.6 is 0 Å². The Kier molecular flexibility index (Phi) is 6.89. The van der Waals surface area contributed by atoms with Gasteiger partial charge in [0.05, 0.1) is 25.9 Å². The fourth-order valence-electron chi connectivity index (χ4n) is 3.32. The number of nitrogens with one attached hydrogen (secondary N) is 1.